The number of ether oxygens (including phenoxy) is 1. The van der Waals surface area contributed by atoms with E-state index in [1.54, 1.807) is 0 Å². The first-order valence-electron chi connectivity index (χ1n) is 6.17. The number of rotatable bonds is 6. The number of hydrogen-bond donors (Lipinski definition) is 2. The van der Waals surface area contributed by atoms with Crippen LogP contribution in [0.3, 0.4) is 0 Å². The minimum atomic E-state index is -0.263. The molecule has 0 aromatic heterocycles. The number of likely N-dealkylation sites (N-methyl/N-ethyl adjacent to an activating group) is 1. The van der Waals surface area contributed by atoms with Crippen molar-refractivity contribution in [3.8, 4) is 0 Å². The molecule has 1 heterocycles. The first-order valence-corrected chi connectivity index (χ1v) is 6.17. The van der Waals surface area contributed by atoms with Gasteiger partial charge in [0.2, 0.25) is 0 Å². The summed E-state index contributed by atoms with van der Waals surface area (Å²) >= 11 is 0. The highest BCUT2D eigenvalue weighted by Crippen LogP contribution is 2.28. The van der Waals surface area contributed by atoms with E-state index < -0.39 is 0 Å². The van der Waals surface area contributed by atoms with Crippen molar-refractivity contribution in [3.05, 3.63) is 0 Å². The van der Waals surface area contributed by atoms with Crippen molar-refractivity contribution in [1.82, 2.24) is 10.2 Å². The summed E-state index contributed by atoms with van der Waals surface area (Å²) < 4.78 is 5.61. The molecule has 0 saturated carbocycles. The molecule has 4 heteroatoms. The highest BCUT2D eigenvalue weighted by atomic mass is 16.5. The van der Waals surface area contributed by atoms with Crippen molar-refractivity contribution in [2.24, 2.45) is 5.41 Å². The van der Waals surface area contributed by atoms with Crippen molar-refractivity contribution in [1.29, 1.82) is 0 Å². The molecule has 96 valence electrons. The zero-order valence-corrected chi connectivity index (χ0v) is 10.8. The highest BCUT2D eigenvalue weighted by molar-refractivity contribution is 4.86. The Morgan fingerprint density at radius 2 is 2.31 bits per heavy atom. The Labute approximate surface area is 99.0 Å². The molecule has 1 aliphatic rings. The van der Waals surface area contributed by atoms with Crippen LogP contribution in [0.25, 0.3) is 0 Å². The minimum absolute atomic E-state index is 0.219. The van der Waals surface area contributed by atoms with Gasteiger partial charge in [-0.15, -0.1) is 0 Å². The maximum Gasteiger partial charge on any atom is 0.0638 e. The minimum Gasteiger partial charge on any atom is -0.392 e. The van der Waals surface area contributed by atoms with Crippen LogP contribution in [0.4, 0.5) is 0 Å². The highest BCUT2D eigenvalue weighted by Gasteiger charge is 2.33. The molecule has 0 aliphatic carbocycles. The van der Waals surface area contributed by atoms with Gasteiger partial charge in [-0.2, -0.15) is 0 Å². The molecular weight excluding hydrogens is 204 g/mol. The molecule has 1 fully saturated rings. The normalized spacial score (nSPS) is 28.3. The number of aliphatic hydroxyl groups is 1. The third-order valence-corrected chi connectivity index (χ3v) is 3.14. The van der Waals surface area contributed by atoms with Crippen molar-refractivity contribution in [2.45, 2.75) is 25.9 Å². The van der Waals surface area contributed by atoms with Gasteiger partial charge in [0, 0.05) is 31.7 Å². The molecule has 1 saturated heterocycles. The topological polar surface area (TPSA) is 44.7 Å². The molecule has 2 atom stereocenters. The maximum absolute atomic E-state index is 9.38. The van der Waals surface area contributed by atoms with Gasteiger partial charge in [0.15, 0.2) is 0 Å². The Morgan fingerprint density at radius 1 is 1.56 bits per heavy atom. The molecular formula is C12H26N2O2. The SMILES string of the molecule is CNCC1(CN(C)CC(C)O)CCCOC1. The Hall–Kier alpha value is -0.160. The molecule has 0 radical (unpaired) electrons. The van der Waals surface area contributed by atoms with Gasteiger partial charge < -0.3 is 20.1 Å². The fourth-order valence-corrected chi connectivity index (χ4v) is 2.69. The molecule has 0 spiro atoms. The third-order valence-electron chi connectivity index (χ3n) is 3.14. The predicted molar refractivity (Wildman–Crippen MR) is 65.6 cm³/mol. The first-order chi connectivity index (χ1) is 7.58. The van der Waals surface area contributed by atoms with Crippen LogP contribution in [0, 0.1) is 5.41 Å². The standard InChI is InChI=1S/C12H26N2O2/c1-11(15)7-14(3)9-12(8-13-2)5-4-6-16-10-12/h11,13,15H,4-10H2,1-3H3. The van der Waals surface area contributed by atoms with E-state index in [2.05, 4.69) is 17.3 Å². The maximum atomic E-state index is 9.38. The summed E-state index contributed by atoms with van der Waals surface area (Å²) in [6, 6.07) is 0. The number of nitrogens with one attached hydrogen (secondary N) is 1. The summed E-state index contributed by atoms with van der Waals surface area (Å²) in [5, 5.41) is 12.6. The Kier molecular flexibility index (Phi) is 5.69. The first kappa shape index (κ1) is 13.9. The average Bonchev–Trinajstić information content (AvgIpc) is 2.17. The lowest BCUT2D eigenvalue weighted by Crippen LogP contribution is -2.48. The Balaban J connectivity index is 2.48. The van der Waals surface area contributed by atoms with Gasteiger partial charge in [-0.3, -0.25) is 0 Å². The Bertz CT molecular complexity index is 186. The van der Waals surface area contributed by atoms with Gasteiger partial charge in [-0.25, -0.2) is 0 Å². The second kappa shape index (κ2) is 6.55. The van der Waals surface area contributed by atoms with Crippen LogP contribution in [0.1, 0.15) is 19.8 Å². The van der Waals surface area contributed by atoms with E-state index in [4.69, 9.17) is 4.74 Å². The summed E-state index contributed by atoms with van der Waals surface area (Å²) in [6.07, 6.45) is 2.09. The van der Waals surface area contributed by atoms with Crippen molar-refractivity contribution in [3.63, 3.8) is 0 Å². The zero-order valence-electron chi connectivity index (χ0n) is 10.8. The monoisotopic (exact) mass is 230 g/mol. The van der Waals surface area contributed by atoms with E-state index in [-0.39, 0.29) is 11.5 Å². The van der Waals surface area contributed by atoms with Crippen molar-refractivity contribution in [2.75, 3.05) is 46.9 Å². The smallest absolute Gasteiger partial charge is 0.0638 e. The second-order valence-electron chi connectivity index (χ2n) is 5.23. The zero-order chi connectivity index (χ0) is 12.0. The van der Waals surface area contributed by atoms with Gasteiger partial charge in [0.05, 0.1) is 12.7 Å². The summed E-state index contributed by atoms with van der Waals surface area (Å²) in [5.74, 6) is 0. The molecule has 1 aliphatic heterocycles. The lowest BCUT2D eigenvalue weighted by atomic mass is 9.82. The van der Waals surface area contributed by atoms with Gasteiger partial charge in [-0.05, 0) is 33.9 Å². The lowest BCUT2D eigenvalue weighted by molar-refractivity contribution is -0.0259. The van der Waals surface area contributed by atoms with Gasteiger partial charge in [0.1, 0.15) is 0 Å². The van der Waals surface area contributed by atoms with E-state index in [0.29, 0.717) is 0 Å². The molecule has 0 aromatic rings. The van der Waals surface area contributed by atoms with Gasteiger partial charge in [0.25, 0.3) is 0 Å². The summed E-state index contributed by atoms with van der Waals surface area (Å²) in [5.41, 5.74) is 0.219. The molecule has 1 rings (SSSR count). The quantitative estimate of drug-likeness (QED) is 0.689. The van der Waals surface area contributed by atoms with Crippen LogP contribution < -0.4 is 5.32 Å². The van der Waals surface area contributed by atoms with E-state index in [9.17, 15) is 5.11 Å². The largest absolute Gasteiger partial charge is 0.392 e. The van der Waals surface area contributed by atoms with Gasteiger partial charge in [-0.1, -0.05) is 0 Å². The molecule has 0 bridgehead atoms. The molecule has 2 N–H and O–H groups in total. The molecule has 2 unspecified atom stereocenters. The predicted octanol–water partition coefficient (Wildman–Crippen LogP) is 0.315. The number of hydrogen-bond acceptors (Lipinski definition) is 4. The van der Waals surface area contributed by atoms with Crippen LogP contribution in [-0.2, 0) is 4.74 Å². The van der Waals surface area contributed by atoms with Crippen LogP contribution in [-0.4, -0.2) is 63.1 Å². The van der Waals surface area contributed by atoms with Crippen LogP contribution >= 0.6 is 0 Å². The van der Waals surface area contributed by atoms with E-state index in [1.165, 1.54) is 6.42 Å². The van der Waals surface area contributed by atoms with Crippen LogP contribution in [0.2, 0.25) is 0 Å². The number of nitrogens with zero attached hydrogens (tertiary/aromatic N) is 1. The van der Waals surface area contributed by atoms with Crippen molar-refractivity contribution >= 4 is 0 Å². The average molecular weight is 230 g/mol. The van der Waals surface area contributed by atoms with E-state index in [0.717, 1.165) is 39.3 Å². The van der Waals surface area contributed by atoms with E-state index >= 15 is 0 Å². The Morgan fingerprint density at radius 3 is 2.81 bits per heavy atom. The van der Waals surface area contributed by atoms with Crippen molar-refractivity contribution < 1.29 is 9.84 Å². The molecule has 16 heavy (non-hydrogen) atoms. The summed E-state index contributed by atoms with van der Waals surface area (Å²) in [7, 11) is 4.06. The summed E-state index contributed by atoms with van der Waals surface area (Å²) in [4.78, 5) is 2.21. The van der Waals surface area contributed by atoms with Crippen LogP contribution in [0.15, 0.2) is 0 Å². The van der Waals surface area contributed by atoms with Crippen LogP contribution in [0.5, 0.6) is 0 Å². The molecule has 0 amide bonds. The molecule has 0 aromatic carbocycles. The second-order valence-corrected chi connectivity index (χ2v) is 5.23. The van der Waals surface area contributed by atoms with E-state index in [1.807, 2.05) is 14.0 Å². The fourth-order valence-electron chi connectivity index (χ4n) is 2.69. The third kappa shape index (κ3) is 4.37. The fraction of sp³-hybridized carbons (Fsp3) is 1.00. The van der Waals surface area contributed by atoms with Gasteiger partial charge >= 0.3 is 0 Å². The number of aliphatic hydroxyl groups excluding tert-OH is 1. The summed E-state index contributed by atoms with van der Waals surface area (Å²) in [6.45, 7) is 6.25. The molecule has 4 nitrogen and oxygen atoms in total. The lowest BCUT2D eigenvalue weighted by Gasteiger charge is -2.40.